The van der Waals surface area contributed by atoms with Gasteiger partial charge in [0.05, 0.1) is 0 Å². The number of hydrogen-bond donors (Lipinski definition) is 1. The Hall–Kier alpha value is -1.24. The zero-order chi connectivity index (χ0) is 10.3. The van der Waals surface area contributed by atoms with Crippen molar-refractivity contribution in [3.63, 3.8) is 0 Å². The molecule has 13 heavy (non-hydrogen) atoms. The molecule has 0 aliphatic heterocycles. The fraction of sp³-hybridized carbons (Fsp3) is 0.333. The molecule has 1 rings (SSSR count). The number of rotatable bonds is 2. The maximum atomic E-state index is 9.01. The van der Waals surface area contributed by atoms with Crippen LogP contribution in [0.15, 0.2) is 37.4 Å². The average molecular weight is 178 g/mol. The molecule has 1 heteroatoms. The minimum atomic E-state index is 0.344. The first-order valence-electron chi connectivity index (χ1n) is 4.53. The van der Waals surface area contributed by atoms with Gasteiger partial charge in [0.2, 0.25) is 0 Å². The van der Waals surface area contributed by atoms with Crippen LogP contribution in [0.5, 0.6) is 5.75 Å². The lowest BCUT2D eigenvalue weighted by atomic mass is 9.99. The van der Waals surface area contributed by atoms with E-state index in [-0.39, 0.29) is 0 Å². The number of phenolic OH excluding ortho intramolecular Hbond substituents is 1. The summed E-state index contributed by atoms with van der Waals surface area (Å²) in [6, 6.07) is 7.43. The topological polar surface area (TPSA) is 20.2 Å². The molecular weight excluding hydrogens is 160 g/mol. The van der Waals surface area contributed by atoms with Crippen LogP contribution < -0.4 is 0 Å². The second-order valence-electron chi connectivity index (χ2n) is 2.90. The van der Waals surface area contributed by atoms with E-state index in [1.165, 1.54) is 5.56 Å². The van der Waals surface area contributed by atoms with Crippen LogP contribution in [0.2, 0.25) is 0 Å². The number of phenols is 1. The molecule has 0 bridgehead atoms. The Morgan fingerprint density at radius 3 is 2.08 bits per heavy atom. The van der Waals surface area contributed by atoms with Crippen molar-refractivity contribution in [2.24, 2.45) is 0 Å². The van der Waals surface area contributed by atoms with Gasteiger partial charge in [-0.15, -0.1) is 13.2 Å². The Balaban J connectivity index is 0.000000671. The second kappa shape index (κ2) is 6.30. The van der Waals surface area contributed by atoms with E-state index in [2.05, 4.69) is 27.0 Å². The molecular formula is C12H18O. The molecule has 0 saturated heterocycles. The van der Waals surface area contributed by atoms with Crippen LogP contribution >= 0.6 is 0 Å². The van der Waals surface area contributed by atoms with Crippen molar-refractivity contribution in [1.82, 2.24) is 0 Å². The summed E-state index contributed by atoms with van der Waals surface area (Å²) in [6.45, 7) is 10.4. The normalized spacial score (nSPS) is 11.2. The standard InChI is InChI=1S/C10H14O.C2H4/c1-3-8(2)9-4-6-10(11)7-5-9;1-2/h4-8,11H,3H2,1-2H3;1-2H2. The summed E-state index contributed by atoms with van der Waals surface area (Å²) in [5.74, 6) is 0.938. The molecule has 0 fully saturated rings. The van der Waals surface area contributed by atoms with Crippen molar-refractivity contribution in [2.75, 3.05) is 0 Å². The van der Waals surface area contributed by atoms with Crippen LogP contribution in [0, 0.1) is 0 Å². The maximum absolute atomic E-state index is 9.01. The van der Waals surface area contributed by atoms with Gasteiger partial charge in [-0.25, -0.2) is 0 Å². The van der Waals surface area contributed by atoms with E-state index in [4.69, 9.17) is 5.11 Å². The zero-order valence-corrected chi connectivity index (χ0v) is 8.46. The Labute approximate surface area is 80.7 Å². The molecule has 0 aliphatic rings. The summed E-state index contributed by atoms with van der Waals surface area (Å²) in [6.07, 6.45) is 1.14. The molecule has 1 nitrogen and oxygen atoms in total. The lowest BCUT2D eigenvalue weighted by molar-refractivity contribution is 0.475. The van der Waals surface area contributed by atoms with Gasteiger partial charge < -0.3 is 5.11 Å². The van der Waals surface area contributed by atoms with E-state index >= 15 is 0 Å². The third-order valence-electron chi connectivity index (χ3n) is 2.07. The van der Waals surface area contributed by atoms with Crippen LogP contribution in [-0.4, -0.2) is 5.11 Å². The molecule has 0 aromatic heterocycles. The summed E-state index contributed by atoms with van der Waals surface area (Å²) in [5.41, 5.74) is 1.30. The molecule has 0 saturated carbocycles. The molecule has 0 aliphatic carbocycles. The molecule has 0 heterocycles. The maximum Gasteiger partial charge on any atom is 0.115 e. The van der Waals surface area contributed by atoms with Gasteiger partial charge in [0.25, 0.3) is 0 Å². The van der Waals surface area contributed by atoms with Crippen LogP contribution in [0.1, 0.15) is 31.7 Å². The van der Waals surface area contributed by atoms with Crippen LogP contribution in [-0.2, 0) is 0 Å². The van der Waals surface area contributed by atoms with E-state index in [9.17, 15) is 0 Å². The zero-order valence-electron chi connectivity index (χ0n) is 8.46. The number of hydrogen-bond acceptors (Lipinski definition) is 1. The molecule has 1 aromatic rings. The molecule has 0 radical (unpaired) electrons. The predicted molar refractivity (Wildman–Crippen MR) is 58.1 cm³/mol. The summed E-state index contributed by atoms with van der Waals surface area (Å²) in [4.78, 5) is 0. The first-order chi connectivity index (χ1) is 6.24. The minimum Gasteiger partial charge on any atom is -0.508 e. The average Bonchev–Trinajstić information content (AvgIpc) is 2.21. The fourth-order valence-corrected chi connectivity index (χ4v) is 1.04. The molecule has 1 unspecified atom stereocenters. The summed E-state index contributed by atoms with van der Waals surface area (Å²) in [7, 11) is 0. The summed E-state index contributed by atoms with van der Waals surface area (Å²) in [5, 5.41) is 9.01. The van der Waals surface area contributed by atoms with E-state index in [0.717, 1.165) is 6.42 Å². The molecule has 0 spiro atoms. The minimum absolute atomic E-state index is 0.344. The SMILES string of the molecule is C=C.CCC(C)c1ccc(O)cc1. The molecule has 1 atom stereocenters. The Morgan fingerprint density at radius 1 is 1.23 bits per heavy atom. The van der Waals surface area contributed by atoms with Crippen molar-refractivity contribution in [3.8, 4) is 5.75 Å². The van der Waals surface area contributed by atoms with Gasteiger partial charge >= 0.3 is 0 Å². The second-order valence-corrected chi connectivity index (χ2v) is 2.90. The first kappa shape index (κ1) is 11.8. The van der Waals surface area contributed by atoms with Gasteiger partial charge in [-0.1, -0.05) is 26.0 Å². The van der Waals surface area contributed by atoms with Crippen LogP contribution in [0.25, 0.3) is 0 Å². The predicted octanol–water partition coefficient (Wildman–Crippen LogP) is 3.71. The van der Waals surface area contributed by atoms with Crippen molar-refractivity contribution in [3.05, 3.63) is 43.0 Å². The Kier molecular flexibility index (Phi) is 5.69. The lowest BCUT2D eigenvalue weighted by Gasteiger charge is -2.07. The first-order valence-corrected chi connectivity index (χ1v) is 4.53. The number of aromatic hydroxyl groups is 1. The molecule has 72 valence electrons. The molecule has 1 N–H and O–H groups in total. The van der Waals surface area contributed by atoms with Crippen molar-refractivity contribution in [2.45, 2.75) is 26.2 Å². The van der Waals surface area contributed by atoms with E-state index < -0.39 is 0 Å². The van der Waals surface area contributed by atoms with Crippen LogP contribution in [0.4, 0.5) is 0 Å². The van der Waals surface area contributed by atoms with E-state index in [1.54, 1.807) is 12.1 Å². The lowest BCUT2D eigenvalue weighted by Crippen LogP contribution is -1.89. The Morgan fingerprint density at radius 2 is 1.69 bits per heavy atom. The van der Waals surface area contributed by atoms with Gasteiger partial charge in [0.1, 0.15) is 5.75 Å². The van der Waals surface area contributed by atoms with Gasteiger partial charge in [0, 0.05) is 0 Å². The van der Waals surface area contributed by atoms with Gasteiger partial charge in [-0.05, 0) is 30.0 Å². The highest BCUT2D eigenvalue weighted by Crippen LogP contribution is 2.20. The van der Waals surface area contributed by atoms with Crippen LogP contribution in [0.3, 0.4) is 0 Å². The highest BCUT2D eigenvalue weighted by Gasteiger charge is 2.00. The molecule has 1 aromatic carbocycles. The monoisotopic (exact) mass is 178 g/mol. The fourth-order valence-electron chi connectivity index (χ4n) is 1.04. The smallest absolute Gasteiger partial charge is 0.115 e. The highest BCUT2D eigenvalue weighted by atomic mass is 16.3. The third-order valence-corrected chi connectivity index (χ3v) is 2.07. The highest BCUT2D eigenvalue weighted by molar-refractivity contribution is 5.27. The largest absolute Gasteiger partial charge is 0.508 e. The van der Waals surface area contributed by atoms with Crippen molar-refractivity contribution in [1.29, 1.82) is 0 Å². The van der Waals surface area contributed by atoms with Gasteiger partial charge in [-0.2, -0.15) is 0 Å². The van der Waals surface area contributed by atoms with Crippen molar-refractivity contribution >= 4 is 0 Å². The molecule has 0 amide bonds. The quantitative estimate of drug-likeness (QED) is 0.684. The van der Waals surface area contributed by atoms with Crippen molar-refractivity contribution < 1.29 is 5.11 Å². The summed E-state index contributed by atoms with van der Waals surface area (Å²) >= 11 is 0. The number of benzene rings is 1. The Bertz CT molecular complexity index is 225. The van der Waals surface area contributed by atoms with Gasteiger partial charge in [0.15, 0.2) is 0 Å². The third kappa shape index (κ3) is 3.79. The van der Waals surface area contributed by atoms with Gasteiger partial charge in [-0.3, -0.25) is 0 Å². The van der Waals surface area contributed by atoms with E-state index in [1.807, 2.05) is 12.1 Å². The van der Waals surface area contributed by atoms with E-state index in [0.29, 0.717) is 11.7 Å². The summed E-state index contributed by atoms with van der Waals surface area (Å²) < 4.78 is 0.